The molecule has 0 saturated carbocycles. The van der Waals surface area contributed by atoms with Crippen molar-refractivity contribution < 1.29 is 4.79 Å². The maximum Gasteiger partial charge on any atom is 0.264 e. The average Bonchev–Trinajstić information content (AvgIpc) is 3.09. The molecule has 2 heterocycles. The maximum atomic E-state index is 12.5. The Morgan fingerprint density at radius 1 is 1.32 bits per heavy atom. The zero-order valence-electron chi connectivity index (χ0n) is 10.4. The highest BCUT2D eigenvalue weighted by molar-refractivity contribution is 9.10. The molecule has 1 atom stereocenters. The predicted octanol–water partition coefficient (Wildman–Crippen LogP) is 4.49. The number of rotatable bonds is 2. The molecule has 19 heavy (non-hydrogen) atoms. The van der Waals surface area contributed by atoms with Crippen LogP contribution in [0.2, 0.25) is 0 Å². The van der Waals surface area contributed by atoms with E-state index in [1.54, 1.807) is 0 Å². The standard InChI is InChI=1S/C15H14BrNOS/c16-12-5-1-4-11(10-12)13-6-2-8-17(13)15(18)14-7-3-9-19-14/h1,3-5,7,9-10,13H,2,6,8H2. The molecule has 1 aliphatic rings. The van der Waals surface area contributed by atoms with Crippen molar-refractivity contribution >= 4 is 33.2 Å². The van der Waals surface area contributed by atoms with Crippen LogP contribution < -0.4 is 0 Å². The molecule has 0 radical (unpaired) electrons. The molecule has 1 aliphatic heterocycles. The second kappa shape index (κ2) is 5.47. The van der Waals surface area contributed by atoms with Gasteiger partial charge in [0.2, 0.25) is 0 Å². The first kappa shape index (κ1) is 12.9. The number of carbonyl (C=O) groups excluding carboxylic acids is 1. The van der Waals surface area contributed by atoms with E-state index in [4.69, 9.17) is 0 Å². The molecule has 0 aliphatic carbocycles. The van der Waals surface area contributed by atoms with E-state index in [9.17, 15) is 4.79 Å². The molecule has 0 spiro atoms. The van der Waals surface area contributed by atoms with E-state index in [-0.39, 0.29) is 11.9 Å². The number of halogens is 1. The van der Waals surface area contributed by atoms with Crippen LogP contribution >= 0.6 is 27.3 Å². The fourth-order valence-electron chi connectivity index (χ4n) is 2.61. The van der Waals surface area contributed by atoms with Gasteiger partial charge in [-0.25, -0.2) is 0 Å². The summed E-state index contributed by atoms with van der Waals surface area (Å²) < 4.78 is 1.07. The highest BCUT2D eigenvalue weighted by Gasteiger charge is 2.30. The van der Waals surface area contributed by atoms with E-state index in [0.29, 0.717) is 0 Å². The quantitative estimate of drug-likeness (QED) is 0.791. The summed E-state index contributed by atoms with van der Waals surface area (Å²) in [6.07, 6.45) is 2.13. The lowest BCUT2D eigenvalue weighted by molar-refractivity contribution is 0.0740. The van der Waals surface area contributed by atoms with Gasteiger partial charge in [-0.05, 0) is 42.0 Å². The van der Waals surface area contributed by atoms with E-state index in [0.717, 1.165) is 28.7 Å². The second-order valence-electron chi connectivity index (χ2n) is 4.69. The smallest absolute Gasteiger partial charge is 0.264 e. The molecule has 4 heteroatoms. The van der Waals surface area contributed by atoms with Gasteiger partial charge in [-0.2, -0.15) is 0 Å². The molecule has 1 unspecified atom stereocenters. The van der Waals surface area contributed by atoms with Crippen LogP contribution in [0, 0.1) is 0 Å². The Bertz CT molecular complexity index is 582. The molecule has 3 rings (SSSR count). The normalized spacial score (nSPS) is 18.8. The van der Waals surface area contributed by atoms with Gasteiger partial charge >= 0.3 is 0 Å². The summed E-state index contributed by atoms with van der Waals surface area (Å²) in [5, 5.41) is 1.96. The minimum atomic E-state index is 0.164. The van der Waals surface area contributed by atoms with Gasteiger partial charge in [-0.15, -0.1) is 11.3 Å². The largest absolute Gasteiger partial charge is 0.331 e. The Kier molecular flexibility index (Phi) is 3.71. The van der Waals surface area contributed by atoms with E-state index in [2.05, 4.69) is 28.1 Å². The fourth-order valence-corrected chi connectivity index (χ4v) is 3.71. The fraction of sp³-hybridized carbons (Fsp3) is 0.267. The van der Waals surface area contributed by atoms with Crippen molar-refractivity contribution in [3.63, 3.8) is 0 Å². The summed E-state index contributed by atoms with van der Waals surface area (Å²) in [6, 6.07) is 12.3. The van der Waals surface area contributed by atoms with Crippen LogP contribution in [-0.2, 0) is 0 Å². The van der Waals surface area contributed by atoms with Gasteiger partial charge in [-0.1, -0.05) is 34.1 Å². The van der Waals surface area contributed by atoms with Gasteiger partial charge in [0.15, 0.2) is 0 Å². The van der Waals surface area contributed by atoms with Gasteiger partial charge in [-0.3, -0.25) is 4.79 Å². The maximum absolute atomic E-state index is 12.5. The van der Waals surface area contributed by atoms with Crippen LogP contribution in [0.25, 0.3) is 0 Å². The van der Waals surface area contributed by atoms with Crippen molar-refractivity contribution in [1.29, 1.82) is 0 Å². The van der Waals surface area contributed by atoms with Crippen LogP contribution in [0.5, 0.6) is 0 Å². The molecule has 2 nitrogen and oxygen atoms in total. The molecular formula is C15H14BrNOS. The molecule has 1 fully saturated rings. The first-order valence-corrected chi connectivity index (χ1v) is 8.03. The van der Waals surface area contributed by atoms with Crippen LogP contribution in [0.3, 0.4) is 0 Å². The summed E-state index contributed by atoms with van der Waals surface area (Å²) in [5.41, 5.74) is 1.22. The number of likely N-dealkylation sites (tertiary alicyclic amines) is 1. The van der Waals surface area contributed by atoms with Crippen LogP contribution in [0.1, 0.15) is 34.1 Å². The highest BCUT2D eigenvalue weighted by atomic mass is 79.9. The Balaban J connectivity index is 1.88. The SMILES string of the molecule is O=C(c1cccs1)N1CCCC1c1cccc(Br)c1. The Hall–Kier alpha value is -1.13. The molecule has 2 aromatic rings. The van der Waals surface area contributed by atoms with Crippen molar-refractivity contribution in [2.45, 2.75) is 18.9 Å². The molecular weight excluding hydrogens is 322 g/mol. The lowest BCUT2D eigenvalue weighted by Gasteiger charge is -2.24. The number of carbonyl (C=O) groups is 1. The third kappa shape index (κ3) is 2.60. The molecule has 0 bridgehead atoms. The molecule has 98 valence electrons. The lowest BCUT2D eigenvalue weighted by Crippen LogP contribution is -2.29. The monoisotopic (exact) mass is 335 g/mol. The van der Waals surface area contributed by atoms with Crippen LogP contribution in [-0.4, -0.2) is 17.4 Å². The third-order valence-electron chi connectivity index (χ3n) is 3.48. The minimum Gasteiger partial charge on any atom is -0.331 e. The van der Waals surface area contributed by atoms with Crippen molar-refractivity contribution in [1.82, 2.24) is 4.90 Å². The van der Waals surface area contributed by atoms with Gasteiger partial charge in [0, 0.05) is 11.0 Å². The van der Waals surface area contributed by atoms with E-state index in [1.807, 2.05) is 34.5 Å². The third-order valence-corrected chi connectivity index (χ3v) is 4.83. The summed E-state index contributed by atoms with van der Waals surface area (Å²) in [7, 11) is 0. The summed E-state index contributed by atoms with van der Waals surface area (Å²) >= 11 is 5.02. The minimum absolute atomic E-state index is 0.164. The number of thiophene rings is 1. The van der Waals surface area contributed by atoms with Gasteiger partial charge in [0.05, 0.1) is 10.9 Å². The summed E-state index contributed by atoms with van der Waals surface area (Å²) in [6.45, 7) is 0.855. The predicted molar refractivity (Wildman–Crippen MR) is 81.5 cm³/mol. The molecule has 0 N–H and O–H groups in total. The first-order chi connectivity index (χ1) is 9.25. The van der Waals surface area contributed by atoms with E-state index < -0.39 is 0 Å². The zero-order valence-corrected chi connectivity index (χ0v) is 12.8. The topological polar surface area (TPSA) is 20.3 Å². The Morgan fingerprint density at radius 3 is 2.95 bits per heavy atom. The van der Waals surface area contributed by atoms with Gasteiger partial charge in [0.1, 0.15) is 0 Å². The van der Waals surface area contributed by atoms with Crippen LogP contribution in [0.4, 0.5) is 0 Å². The van der Waals surface area contributed by atoms with Crippen molar-refractivity contribution in [3.8, 4) is 0 Å². The lowest BCUT2D eigenvalue weighted by atomic mass is 10.0. The van der Waals surface area contributed by atoms with Crippen molar-refractivity contribution in [3.05, 3.63) is 56.7 Å². The summed E-state index contributed by atoms with van der Waals surface area (Å²) in [5.74, 6) is 0.164. The molecule has 1 amide bonds. The molecule has 1 saturated heterocycles. The van der Waals surface area contributed by atoms with Crippen LogP contribution in [0.15, 0.2) is 46.3 Å². The van der Waals surface area contributed by atoms with E-state index in [1.165, 1.54) is 16.9 Å². The first-order valence-electron chi connectivity index (χ1n) is 6.35. The molecule has 1 aromatic heterocycles. The number of hydrogen-bond acceptors (Lipinski definition) is 2. The number of benzene rings is 1. The average molecular weight is 336 g/mol. The Morgan fingerprint density at radius 2 is 2.21 bits per heavy atom. The summed E-state index contributed by atoms with van der Waals surface area (Å²) in [4.78, 5) is 15.3. The number of nitrogens with zero attached hydrogens (tertiary/aromatic N) is 1. The zero-order chi connectivity index (χ0) is 13.2. The Labute approximate surface area is 125 Å². The highest BCUT2D eigenvalue weighted by Crippen LogP contribution is 2.34. The van der Waals surface area contributed by atoms with Crippen molar-refractivity contribution in [2.24, 2.45) is 0 Å². The number of amides is 1. The second-order valence-corrected chi connectivity index (χ2v) is 6.55. The van der Waals surface area contributed by atoms with Gasteiger partial charge in [0.25, 0.3) is 5.91 Å². The van der Waals surface area contributed by atoms with Crippen molar-refractivity contribution in [2.75, 3.05) is 6.54 Å². The van der Waals surface area contributed by atoms with Gasteiger partial charge < -0.3 is 4.90 Å². The number of hydrogen-bond donors (Lipinski definition) is 0. The molecule has 1 aromatic carbocycles. The van der Waals surface area contributed by atoms with E-state index >= 15 is 0 Å².